The van der Waals surface area contributed by atoms with Gasteiger partial charge in [0, 0.05) is 13.1 Å². The third kappa shape index (κ3) is 3.37. The number of hydrogen-bond donors (Lipinski definition) is 1. The van der Waals surface area contributed by atoms with E-state index in [1.54, 1.807) is 0 Å². The Bertz CT molecular complexity index is 516. The highest BCUT2D eigenvalue weighted by atomic mass is 32.1. The lowest BCUT2D eigenvalue weighted by Gasteiger charge is -2.29. The van der Waals surface area contributed by atoms with Crippen LogP contribution < -0.4 is 5.73 Å². The zero-order valence-corrected chi connectivity index (χ0v) is 12.3. The van der Waals surface area contributed by atoms with Gasteiger partial charge in [0.2, 0.25) is 0 Å². The molecule has 2 rings (SSSR count). The molecule has 0 atom stereocenters. The van der Waals surface area contributed by atoms with Crippen LogP contribution in [0.25, 0.3) is 0 Å². The third-order valence-electron chi connectivity index (χ3n) is 3.50. The zero-order valence-electron chi connectivity index (χ0n) is 11.5. The molecule has 1 amide bonds. The molecule has 2 N–H and O–H groups in total. The van der Waals surface area contributed by atoms with Crippen LogP contribution >= 0.6 is 11.3 Å². The van der Waals surface area contributed by atoms with E-state index in [1.807, 2.05) is 17.9 Å². The van der Waals surface area contributed by atoms with Gasteiger partial charge in [-0.05, 0) is 37.3 Å². The van der Waals surface area contributed by atoms with Crippen molar-refractivity contribution in [2.45, 2.75) is 26.7 Å². The van der Waals surface area contributed by atoms with Crippen molar-refractivity contribution in [3.63, 3.8) is 0 Å². The SMILES string of the molecule is Cc1cc(C(=O)N2CCC(C)CC2)sc1C#CCN. The number of aryl methyl sites for hydroxylation is 1. The second-order valence-electron chi connectivity index (χ2n) is 5.10. The van der Waals surface area contributed by atoms with E-state index in [-0.39, 0.29) is 5.91 Å². The fraction of sp³-hybridized carbons (Fsp3) is 0.533. The Balaban J connectivity index is 2.11. The monoisotopic (exact) mass is 276 g/mol. The van der Waals surface area contributed by atoms with Gasteiger partial charge in [-0.1, -0.05) is 18.8 Å². The maximum absolute atomic E-state index is 12.4. The van der Waals surface area contributed by atoms with Crippen LogP contribution in [-0.4, -0.2) is 30.4 Å². The smallest absolute Gasteiger partial charge is 0.263 e. The molecule has 3 nitrogen and oxygen atoms in total. The lowest BCUT2D eigenvalue weighted by atomic mass is 9.99. The molecule has 0 bridgehead atoms. The molecule has 0 unspecified atom stereocenters. The molecule has 0 aliphatic carbocycles. The van der Waals surface area contributed by atoms with E-state index < -0.39 is 0 Å². The van der Waals surface area contributed by atoms with E-state index in [0.29, 0.717) is 6.54 Å². The molecular formula is C15H20N2OS. The Labute approximate surface area is 118 Å². The van der Waals surface area contributed by atoms with Crippen molar-refractivity contribution in [2.24, 2.45) is 11.7 Å². The van der Waals surface area contributed by atoms with Crippen molar-refractivity contribution in [3.8, 4) is 11.8 Å². The minimum atomic E-state index is 0.154. The van der Waals surface area contributed by atoms with Gasteiger partial charge in [0.05, 0.1) is 16.3 Å². The third-order valence-corrected chi connectivity index (χ3v) is 4.64. The molecule has 19 heavy (non-hydrogen) atoms. The summed E-state index contributed by atoms with van der Waals surface area (Å²) in [4.78, 5) is 16.1. The van der Waals surface area contributed by atoms with Crippen molar-refractivity contribution < 1.29 is 4.79 Å². The van der Waals surface area contributed by atoms with Crippen molar-refractivity contribution >= 4 is 17.2 Å². The first-order valence-electron chi connectivity index (χ1n) is 6.70. The molecule has 0 radical (unpaired) electrons. The van der Waals surface area contributed by atoms with Gasteiger partial charge in [-0.3, -0.25) is 4.79 Å². The normalized spacial score (nSPS) is 16.1. The molecule has 0 spiro atoms. The highest BCUT2D eigenvalue weighted by Gasteiger charge is 2.23. The van der Waals surface area contributed by atoms with E-state index in [2.05, 4.69) is 18.8 Å². The molecule has 2 heterocycles. The summed E-state index contributed by atoms with van der Waals surface area (Å²) in [6.45, 7) is 6.34. The predicted octanol–water partition coefficient (Wildman–Crippen LogP) is 2.24. The molecule has 102 valence electrons. The molecule has 1 aromatic rings. The summed E-state index contributed by atoms with van der Waals surface area (Å²) < 4.78 is 0. The first kappa shape index (κ1) is 14.1. The molecule has 1 saturated heterocycles. The Kier molecular flexibility index (Phi) is 4.62. The number of carbonyl (C=O) groups is 1. The van der Waals surface area contributed by atoms with Crippen LogP contribution in [-0.2, 0) is 0 Å². The molecule has 1 aromatic heterocycles. The lowest BCUT2D eigenvalue weighted by molar-refractivity contribution is 0.0702. The number of hydrogen-bond acceptors (Lipinski definition) is 3. The first-order chi connectivity index (χ1) is 9.11. The summed E-state index contributed by atoms with van der Waals surface area (Å²) in [7, 11) is 0. The van der Waals surface area contributed by atoms with Gasteiger partial charge in [-0.15, -0.1) is 11.3 Å². The van der Waals surface area contributed by atoms with Crippen molar-refractivity contribution in [1.29, 1.82) is 0 Å². The standard InChI is InChI=1S/C15H20N2OS/c1-11-5-8-17(9-6-11)15(18)14-10-12(2)13(19-14)4-3-7-16/h10-11H,5-9,16H2,1-2H3. The molecule has 0 aromatic carbocycles. The van der Waals surface area contributed by atoms with E-state index in [1.165, 1.54) is 11.3 Å². The van der Waals surface area contributed by atoms with Crippen LogP contribution in [0, 0.1) is 24.7 Å². The van der Waals surface area contributed by atoms with Crippen LogP contribution in [0.3, 0.4) is 0 Å². The number of nitrogens with two attached hydrogens (primary N) is 1. The Hall–Kier alpha value is -1.31. The van der Waals surface area contributed by atoms with E-state index in [9.17, 15) is 4.79 Å². The van der Waals surface area contributed by atoms with Gasteiger partial charge in [-0.2, -0.15) is 0 Å². The van der Waals surface area contributed by atoms with Crippen LogP contribution in [0.1, 0.15) is 39.9 Å². The van der Waals surface area contributed by atoms with Gasteiger partial charge in [0.25, 0.3) is 5.91 Å². The fourth-order valence-electron chi connectivity index (χ4n) is 2.21. The highest BCUT2D eigenvalue weighted by molar-refractivity contribution is 7.14. The van der Waals surface area contributed by atoms with Crippen LogP contribution in [0.15, 0.2) is 6.07 Å². The number of piperidine rings is 1. The summed E-state index contributed by atoms with van der Waals surface area (Å²) in [6.07, 6.45) is 2.21. The molecule has 4 heteroatoms. The van der Waals surface area contributed by atoms with Gasteiger partial charge in [0.1, 0.15) is 0 Å². The molecular weight excluding hydrogens is 256 g/mol. The summed E-state index contributed by atoms with van der Waals surface area (Å²) in [5.74, 6) is 6.77. The van der Waals surface area contributed by atoms with Gasteiger partial charge >= 0.3 is 0 Å². The number of nitrogens with zero attached hydrogens (tertiary/aromatic N) is 1. The van der Waals surface area contributed by atoms with Gasteiger partial charge < -0.3 is 10.6 Å². The minimum absolute atomic E-state index is 0.154. The second kappa shape index (κ2) is 6.23. The average Bonchev–Trinajstić information content (AvgIpc) is 2.78. The summed E-state index contributed by atoms with van der Waals surface area (Å²) in [5, 5.41) is 0. The summed E-state index contributed by atoms with van der Waals surface area (Å²) in [5.41, 5.74) is 6.45. The van der Waals surface area contributed by atoms with Crippen LogP contribution in [0.5, 0.6) is 0 Å². The Morgan fingerprint density at radius 1 is 1.53 bits per heavy atom. The lowest BCUT2D eigenvalue weighted by Crippen LogP contribution is -2.37. The van der Waals surface area contributed by atoms with E-state index in [0.717, 1.165) is 47.2 Å². The first-order valence-corrected chi connectivity index (χ1v) is 7.52. The van der Waals surface area contributed by atoms with Crippen LogP contribution in [0.2, 0.25) is 0 Å². The number of likely N-dealkylation sites (tertiary alicyclic amines) is 1. The number of rotatable bonds is 1. The average molecular weight is 276 g/mol. The van der Waals surface area contributed by atoms with Crippen LogP contribution in [0.4, 0.5) is 0 Å². The predicted molar refractivity (Wildman–Crippen MR) is 79.3 cm³/mol. The maximum Gasteiger partial charge on any atom is 0.263 e. The fourth-order valence-corrected chi connectivity index (χ4v) is 3.23. The van der Waals surface area contributed by atoms with Gasteiger partial charge in [-0.25, -0.2) is 0 Å². The van der Waals surface area contributed by atoms with Gasteiger partial charge in [0.15, 0.2) is 0 Å². The number of thiophene rings is 1. The number of carbonyl (C=O) groups excluding carboxylic acids is 1. The van der Waals surface area contributed by atoms with Crippen molar-refractivity contribution in [1.82, 2.24) is 4.90 Å². The van der Waals surface area contributed by atoms with Crippen molar-refractivity contribution in [3.05, 3.63) is 21.4 Å². The molecule has 0 saturated carbocycles. The van der Waals surface area contributed by atoms with Crippen molar-refractivity contribution in [2.75, 3.05) is 19.6 Å². The second-order valence-corrected chi connectivity index (χ2v) is 6.16. The van der Waals surface area contributed by atoms with E-state index in [4.69, 9.17) is 5.73 Å². The molecule has 1 aliphatic rings. The topological polar surface area (TPSA) is 46.3 Å². The molecule has 1 aliphatic heterocycles. The largest absolute Gasteiger partial charge is 0.338 e. The molecule has 1 fully saturated rings. The highest BCUT2D eigenvalue weighted by Crippen LogP contribution is 2.24. The number of amides is 1. The summed E-state index contributed by atoms with van der Waals surface area (Å²) >= 11 is 1.48. The summed E-state index contributed by atoms with van der Waals surface area (Å²) in [6, 6.07) is 1.95. The Morgan fingerprint density at radius 3 is 2.84 bits per heavy atom. The zero-order chi connectivity index (χ0) is 13.8. The van der Waals surface area contributed by atoms with E-state index >= 15 is 0 Å². The quantitative estimate of drug-likeness (QED) is 0.800. The Morgan fingerprint density at radius 2 is 2.21 bits per heavy atom. The minimum Gasteiger partial charge on any atom is -0.338 e. The maximum atomic E-state index is 12.4.